The first kappa shape index (κ1) is 9.71. The number of aliphatic hydroxyl groups excluding tert-OH is 1. The van der Waals surface area contributed by atoms with Crippen LogP contribution in [0.15, 0.2) is 28.7 Å². The number of hydrogen-bond donors (Lipinski definition) is 2. The summed E-state index contributed by atoms with van der Waals surface area (Å²) in [5.74, 6) is 0. The van der Waals surface area contributed by atoms with Crippen LogP contribution < -0.4 is 5.32 Å². The van der Waals surface area contributed by atoms with Crippen molar-refractivity contribution in [3.63, 3.8) is 0 Å². The highest BCUT2D eigenvalue weighted by atomic mass is 79.9. The Balaban J connectivity index is 2.73. The number of aliphatic hydroxyl groups is 1. The highest BCUT2D eigenvalue weighted by Gasteiger charge is 2.04. The first-order chi connectivity index (χ1) is 5.74. The quantitative estimate of drug-likeness (QED) is 0.828. The fourth-order valence-corrected chi connectivity index (χ4v) is 1.44. The zero-order chi connectivity index (χ0) is 8.97. The van der Waals surface area contributed by atoms with E-state index in [1.165, 1.54) is 0 Å². The van der Waals surface area contributed by atoms with E-state index in [1.54, 1.807) is 0 Å². The maximum absolute atomic E-state index is 9.56. The van der Waals surface area contributed by atoms with Gasteiger partial charge in [-0.05, 0) is 24.7 Å². The molecule has 0 radical (unpaired) electrons. The van der Waals surface area contributed by atoms with Crippen molar-refractivity contribution in [1.29, 1.82) is 0 Å². The largest absolute Gasteiger partial charge is 0.387 e. The average Bonchev–Trinajstić information content (AvgIpc) is 2.05. The number of rotatable bonds is 3. The van der Waals surface area contributed by atoms with Gasteiger partial charge in [0.1, 0.15) is 0 Å². The van der Waals surface area contributed by atoms with Gasteiger partial charge < -0.3 is 10.4 Å². The Hall–Kier alpha value is -0.380. The maximum Gasteiger partial charge on any atom is 0.0914 e. The van der Waals surface area contributed by atoms with E-state index in [0.29, 0.717) is 6.54 Å². The molecule has 12 heavy (non-hydrogen) atoms. The second kappa shape index (κ2) is 4.60. The predicted octanol–water partition coefficient (Wildman–Crippen LogP) is 1.70. The summed E-state index contributed by atoms with van der Waals surface area (Å²) in [6.45, 7) is 0.580. The molecule has 2 N–H and O–H groups in total. The minimum absolute atomic E-state index is 0.424. The Morgan fingerprint density at radius 1 is 1.58 bits per heavy atom. The van der Waals surface area contributed by atoms with Gasteiger partial charge >= 0.3 is 0 Å². The van der Waals surface area contributed by atoms with Crippen LogP contribution in [0, 0.1) is 0 Å². The SMILES string of the molecule is CNC[C@@H](O)c1cccc(Br)c1. The van der Waals surface area contributed by atoms with Gasteiger partial charge in [-0.25, -0.2) is 0 Å². The Labute approximate surface area is 80.7 Å². The van der Waals surface area contributed by atoms with Crippen LogP contribution >= 0.6 is 15.9 Å². The summed E-state index contributed by atoms with van der Waals surface area (Å²) in [4.78, 5) is 0. The van der Waals surface area contributed by atoms with Crippen LogP contribution in [0.4, 0.5) is 0 Å². The summed E-state index contributed by atoms with van der Waals surface area (Å²) in [7, 11) is 1.82. The van der Waals surface area contributed by atoms with E-state index >= 15 is 0 Å². The fraction of sp³-hybridized carbons (Fsp3) is 0.333. The van der Waals surface area contributed by atoms with Crippen molar-refractivity contribution < 1.29 is 5.11 Å². The van der Waals surface area contributed by atoms with E-state index in [0.717, 1.165) is 10.0 Å². The predicted molar refractivity (Wildman–Crippen MR) is 53.0 cm³/mol. The number of nitrogens with one attached hydrogen (secondary N) is 1. The molecule has 0 saturated heterocycles. The summed E-state index contributed by atoms with van der Waals surface area (Å²) < 4.78 is 0.996. The zero-order valence-corrected chi connectivity index (χ0v) is 8.51. The fourth-order valence-electron chi connectivity index (χ4n) is 1.03. The first-order valence-corrected chi connectivity index (χ1v) is 4.61. The minimum Gasteiger partial charge on any atom is -0.387 e. The summed E-state index contributed by atoms with van der Waals surface area (Å²) >= 11 is 3.35. The van der Waals surface area contributed by atoms with E-state index in [9.17, 15) is 5.11 Å². The van der Waals surface area contributed by atoms with Crippen LogP contribution in [0.5, 0.6) is 0 Å². The Morgan fingerprint density at radius 3 is 2.92 bits per heavy atom. The lowest BCUT2D eigenvalue weighted by molar-refractivity contribution is 0.177. The third-order valence-corrected chi connectivity index (χ3v) is 2.12. The van der Waals surface area contributed by atoms with Crippen LogP contribution in [0.2, 0.25) is 0 Å². The van der Waals surface area contributed by atoms with Gasteiger partial charge in [0, 0.05) is 11.0 Å². The molecule has 3 heteroatoms. The van der Waals surface area contributed by atoms with Gasteiger partial charge in [-0.2, -0.15) is 0 Å². The van der Waals surface area contributed by atoms with Gasteiger partial charge in [-0.15, -0.1) is 0 Å². The topological polar surface area (TPSA) is 32.3 Å². The van der Waals surface area contributed by atoms with Crippen LogP contribution in [0.25, 0.3) is 0 Å². The zero-order valence-electron chi connectivity index (χ0n) is 6.92. The van der Waals surface area contributed by atoms with Gasteiger partial charge in [0.15, 0.2) is 0 Å². The highest BCUT2D eigenvalue weighted by molar-refractivity contribution is 9.10. The molecule has 0 aliphatic heterocycles. The third-order valence-electron chi connectivity index (χ3n) is 1.63. The van der Waals surface area contributed by atoms with Crippen molar-refractivity contribution in [3.8, 4) is 0 Å². The first-order valence-electron chi connectivity index (χ1n) is 3.82. The summed E-state index contributed by atoms with van der Waals surface area (Å²) in [6.07, 6.45) is -0.424. The van der Waals surface area contributed by atoms with E-state index in [2.05, 4.69) is 21.2 Å². The maximum atomic E-state index is 9.56. The monoisotopic (exact) mass is 229 g/mol. The van der Waals surface area contributed by atoms with Crippen molar-refractivity contribution >= 4 is 15.9 Å². The number of halogens is 1. The van der Waals surface area contributed by atoms with Gasteiger partial charge in [0.05, 0.1) is 6.10 Å². The second-order valence-electron chi connectivity index (χ2n) is 2.63. The van der Waals surface area contributed by atoms with Crippen molar-refractivity contribution in [3.05, 3.63) is 34.3 Å². The molecule has 1 aromatic rings. The molecule has 2 nitrogen and oxygen atoms in total. The van der Waals surface area contributed by atoms with Gasteiger partial charge in [-0.3, -0.25) is 0 Å². The Bertz CT molecular complexity index is 252. The Kier molecular flexibility index (Phi) is 3.72. The molecule has 1 atom stereocenters. The Morgan fingerprint density at radius 2 is 2.33 bits per heavy atom. The number of likely N-dealkylation sites (N-methyl/N-ethyl adjacent to an activating group) is 1. The summed E-state index contributed by atoms with van der Waals surface area (Å²) in [5, 5.41) is 12.5. The second-order valence-corrected chi connectivity index (χ2v) is 3.54. The van der Waals surface area contributed by atoms with E-state index in [4.69, 9.17) is 0 Å². The molecule has 0 unspecified atom stereocenters. The number of benzene rings is 1. The molecular formula is C9H12BrNO. The van der Waals surface area contributed by atoms with Crippen molar-refractivity contribution in [1.82, 2.24) is 5.32 Å². The van der Waals surface area contributed by atoms with Crippen molar-refractivity contribution in [2.45, 2.75) is 6.10 Å². The third kappa shape index (κ3) is 2.59. The normalized spacial score (nSPS) is 12.9. The lowest BCUT2D eigenvalue weighted by Crippen LogP contribution is -2.16. The van der Waals surface area contributed by atoms with Crippen LogP contribution in [0.3, 0.4) is 0 Å². The summed E-state index contributed by atoms with van der Waals surface area (Å²) in [6, 6.07) is 7.68. The van der Waals surface area contributed by atoms with Crippen LogP contribution in [-0.4, -0.2) is 18.7 Å². The molecule has 0 aromatic heterocycles. The minimum atomic E-state index is -0.424. The number of hydrogen-bond acceptors (Lipinski definition) is 2. The molecule has 0 fully saturated rings. The van der Waals surface area contributed by atoms with Gasteiger partial charge in [-0.1, -0.05) is 28.1 Å². The molecule has 0 aliphatic carbocycles. The van der Waals surface area contributed by atoms with E-state index < -0.39 is 6.10 Å². The highest BCUT2D eigenvalue weighted by Crippen LogP contribution is 2.17. The molecule has 1 rings (SSSR count). The molecular weight excluding hydrogens is 218 g/mol. The molecule has 0 saturated carbocycles. The lowest BCUT2D eigenvalue weighted by Gasteiger charge is -2.09. The van der Waals surface area contributed by atoms with Crippen LogP contribution in [0.1, 0.15) is 11.7 Å². The standard InChI is InChI=1S/C9H12BrNO/c1-11-6-9(12)7-3-2-4-8(10)5-7/h2-5,9,11-12H,6H2,1H3/t9-/m1/s1. The summed E-state index contributed by atoms with van der Waals surface area (Å²) in [5.41, 5.74) is 0.929. The molecule has 0 bridgehead atoms. The van der Waals surface area contributed by atoms with Gasteiger partial charge in [0.2, 0.25) is 0 Å². The van der Waals surface area contributed by atoms with Crippen LogP contribution in [-0.2, 0) is 0 Å². The van der Waals surface area contributed by atoms with Gasteiger partial charge in [0.25, 0.3) is 0 Å². The average molecular weight is 230 g/mol. The molecule has 0 aliphatic rings. The van der Waals surface area contributed by atoms with Crippen molar-refractivity contribution in [2.75, 3.05) is 13.6 Å². The molecule has 1 aromatic carbocycles. The smallest absolute Gasteiger partial charge is 0.0914 e. The molecule has 66 valence electrons. The van der Waals surface area contributed by atoms with Crippen molar-refractivity contribution in [2.24, 2.45) is 0 Å². The molecule has 0 heterocycles. The molecule has 0 spiro atoms. The van der Waals surface area contributed by atoms with E-state index in [1.807, 2.05) is 31.3 Å². The van der Waals surface area contributed by atoms with E-state index in [-0.39, 0.29) is 0 Å². The lowest BCUT2D eigenvalue weighted by atomic mass is 10.1. The molecule has 0 amide bonds.